The highest BCUT2D eigenvalue weighted by Crippen LogP contribution is 2.34. The van der Waals surface area contributed by atoms with Gasteiger partial charge in [-0.1, -0.05) is 18.2 Å². The van der Waals surface area contributed by atoms with Crippen LogP contribution in [0.4, 0.5) is 0 Å². The molecule has 0 spiro atoms. The summed E-state index contributed by atoms with van der Waals surface area (Å²) in [6, 6.07) is 8.42. The molecule has 126 valence electrons. The second-order valence-corrected chi connectivity index (χ2v) is 8.92. The highest BCUT2D eigenvalue weighted by Gasteiger charge is 2.37. The Balaban J connectivity index is 1.43. The fourth-order valence-electron chi connectivity index (χ4n) is 4.19. The van der Waals surface area contributed by atoms with Crippen molar-refractivity contribution in [3.8, 4) is 5.75 Å². The lowest BCUT2D eigenvalue weighted by molar-refractivity contribution is 0.140. The maximum absolute atomic E-state index is 12.2. The first-order valence-electron chi connectivity index (χ1n) is 8.57. The maximum Gasteiger partial charge on any atom is 0.214 e. The molecule has 2 fully saturated rings. The van der Waals surface area contributed by atoms with E-state index in [1.165, 1.54) is 5.56 Å². The van der Waals surface area contributed by atoms with Gasteiger partial charge >= 0.3 is 0 Å². The van der Waals surface area contributed by atoms with Gasteiger partial charge in [-0.15, -0.1) is 0 Å². The van der Waals surface area contributed by atoms with Gasteiger partial charge in [0.25, 0.3) is 0 Å². The van der Waals surface area contributed by atoms with Crippen LogP contribution in [0.3, 0.4) is 0 Å². The zero-order chi connectivity index (χ0) is 15.9. The Hall–Kier alpha value is -1.11. The van der Waals surface area contributed by atoms with E-state index in [2.05, 4.69) is 17.0 Å². The van der Waals surface area contributed by atoms with E-state index < -0.39 is 10.0 Å². The lowest BCUT2D eigenvalue weighted by Gasteiger charge is -2.37. The molecule has 0 aromatic heterocycles. The third-order valence-electron chi connectivity index (χ3n) is 5.30. The van der Waals surface area contributed by atoms with E-state index in [9.17, 15) is 8.42 Å². The number of benzene rings is 1. The molecular formula is C17H24N2O3S. The van der Waals surface area contributed by atoms with Crippen LogP contribution in [0.2, 0.25) is 0 Å². The highest BCUT2D eigenvalue weighted by atomic mass is 32.2. The number of hydrogen-bond acceptors (Lipinski definition) is 4. The highest BCUT2D eigenvalue weighted by molar-refractivity contribution is 7.89. The summed E-state index contributed by atoms with van der Waals surface area (Å²) in [5, 5.41) is 0. The quantitative estimate of drug-likeness (QED) is 0.842. The van der Waals surface area contributed by atoms with E-state index in [-0.39, 0.29) is 6.04 Å². The van der Waals surface area contributed by atoms with E-state index >= 15 is 0 Å². The molecule has 0 saturated carbocycles. The Morgan fingerprint density at radius 2 is 2.04 bits per heavy atom. The molecule has 0 bridgehead atoms. The first-order valence-corrected chi connectivity index (χ1v) is 10.2. The van der Waals surface area contributed by atoms with Crippen LogP contribution >= 0.6 is 0 Å². The number of hydrogen-bond donors (Lipinski definition) is 0. The number of rotatable bonds is 3. The summed E-state index contributed by atoms with van der Waals surface area (Å²) < 4.78 is 31.9. The largest absolute Gasteiger partial charge is 0.493 e. The van der Waals surface area contributed by atoms with Crippen LogP contribution in [0.5, 0.6) is 5.75 Å². The SMILES string of the molecule is O=S1(=O)CCCN1C1CCCN(CC2COc3ccccc32)C1. The van der Waals surface area contributed by atoms with Crippen molar-refractivity contribution in [1.29, 1.82) is 0 Å². The number of nitrogens with zero attached hydrogens (tertiary/aromatic N) is 2. The van der Waals surface area contributed by atoms with Crippen molar-refractivity contribution in [3.63, 3.8) is 0 Å². The predicted molar refractivity (Wildman–Crippen MR) is 89.2 cm³/mol. The summed E-state index contributed by atoms with van der Waals surface area (Å²) in [6.07, 6.45) is 2.85. The molecule has 1 aromatic carbocycles. The molecule has 23 heavy (non-hydrogen) atoms. The monoisotopic (exact) mass is 336 g/mol. The minimum absolute atomic E-state index is 0.161. The smallest absolute Gasteiger partial charge is 0.214 e. The van der Waals surface area contributed by atoms with Crippen molar-refractivity contribution in [2.75, 3.05) is 38.5 Å². The van der Waals surface area contributed by atoms with Crippen LogP contribution in [0.25, 0.3) is 0 Å². The molecule has 3 aliphatic rings. The molecule has 1 aromatic rings. The van der Waals surface area contributed by atoms with Gasteiger partial charge in [-0.25, -0.2) is 8.42 Å². The van der Waals surface area contributed by atoms with E-state index in [4.69, 9.17) is 4.74 Å². The van der Waals surface area contributed by atoms with Gasteiger partial charge in [-0.05, 0) is 31.9 Å². The second kappa shape index (κ2) is 6.07. The van der Waals surface area contributed by atoms with Crippen LogP contribution < -0.4 is 4.74 Å². The van der Waals surface area contributed by atoms with Crippen LogP contribution in [0, 0.1) is 0 Å². The number of fused-ring (bicyclic) bond motifs is 1. The van der Waals surface area contributed by atoms with Crippen molar-refractivity contribution < 1.29 is 13.2 Å². The molecule has 0 radical (unpaired) electrons. The summed E-state index contributed by atoms with van der Waals surface area (Å²) in [4.78, 5) is 2.43. The minimum atomic E-state index is -3.00. The molecule has 0 amide bonds. The van der Waals surface area contributed by atoms with Crippen molar-refractivity contribution in [2.24, 2.45) is 0 Å². The van der Waals surface area contributed by atoms with Crippen molar-refractivity contribution in [2.45, 2.75) is 31.2 Å². The molecule has 3 aliphatic heterocycles. The molecule has 4 rings (SSSR count). The van der Waals surface area contributed by atoms with Crippen molar-refractivity contribution in [3.05, 3.63) is 29.8 Å². The number of sulfonamides is 1. The zero-order valence-corrected chi connectivity index (χ0v) is 14.2. The Kier molecular flexibility index (Phi) is 4.07. The molecule has 6 heteroatoms. The van der Waals surface area contributed by atoms with Gasteiger partial charge in [0.1, 0.15) is 5.75 Å². The van der Waals surface area contributed by atoms with Crippen LogP contribution in [-0.2, 0) is 10.0 Å². The van der Waals surface area contributed by atoms with Crippen molar-refractivity contribution >= 4 is 10.0 Å². The number of para-hydroxylation sites is 1. The maximum atomic E-state index is 12.2. The Bertz CT molecular complexity index is 676. The fourth-order valence-corrected chi connectivity index (χ4v) is 5.95. The summed E-state index contributed by atoms with van der Waals surface area (Å²) in [5.74, 6) is 1.74. The molecule has 0 aliphatic carbocycles. The number of likely N-dealkylation sites (tertiary alicyclic amines) is 1. The first kappa shape index (κ1) is 15.4. The summed E-state index contributed by atoms with van der Waals surface area (Å²) in [5.41, 5.74) is 1.29. The van der Waals surface area contributed by atoms with Gasteiger partial charge in [-0.2, -0.15) is 4.31 Å². The average molecular weight is 336 g/mol. The third kappa shape index (κ3) is 2.99. The molecule has 3 heterocycles. The summed E-state index contributed by atoms with van der Waals surface area (Å²) in [7, 11) is -3.00. The average Bonchev–Trinajstić information content (AvgIpc) is 3.11. The number of piperidine rings is 1. The second-order valence-electron chi connectivity index (χ2n) is 6.88. The molecule has 2 saturated heterocycles. The van der Waals surface area contributed by atoms with E-state index in [0.717, 1.165) is 51.3 Å². The van der Waals surface area contributed by atoms with Gasteiger partial charge < -0.3 is 9.64 Å². The summed E-state index contributed by atoms with van der Waals surface area (Å²) in [6.45, 7) is 4.32. The van der Waals surface area contributed by atoms with Crippen LogP contribution in [0.15, 0.2) is 24.3 Å². The fraction of sp³-hybridized carbons (Fsp3) is 0.647. The Morgan fingerprint density at radius 3 is 2.87 bits per heavy atom. The molecule has 2 atom stereocenters. The standard InChI is InChI=1S/C17H24N2O3S/c20-23(21)10-4-9-19(23)15-5-3-8-18(12-15)11-14-13-22-17-7-2-1-6-16(14)17/h1-2,6-7,14-15H,3-5,8-13H2. The Morgan fingerprint density at radius 1 is 1.17 bits per heavy atom. The summed E-state index contributed by atoms with van der Waals surface area (Å²) >= 11 is 0. The van der Waals surface area contributed by atoms with E-state index in [1.807, 2.05) is 12.1 Å². The van der Waals surface area contributed by atoms with E-state index in [0.29, 0.717) is 18.2 Å². The van der Waals surface area contributed by atoms with Crippen LogP contribution in [0.1, 0.15) is 30.7 Å². The predicted octanol–water partition coefficient (Wildman–Crippen LogP) is 1.66. The van der Waals surface area contributed by atoms with Crippen molar-refractivity contribution in [1.82, 2.24) is 9.21 Å². The zero-order valence-electron chi connectivity index (χ0n) is 13.4. The molecule has 2 unspecified atom stereocenters. The van der Waals surface area contributed by atoms with Crippen LogP contribution in [-0.4, -0.2) is 62.2 Å². The van der Waals surface area contributed by atoms with Gasteiger partial charge in [0.2, 0.25) is 10.0 Å². The lowest BCUT2D eigenvalue weighted by atomic mass is 9.98. The van der Waals surface area contributed by atoms with Gasteiger partial charge in [0, 0.05) is 37.2 Å². The van der Waals surface area contributed by atoms with Gasteiger partial charge in [0.05, 0.1) is 12.4 Å². The third-order valence-corrected chi connectivity index (χ3v) is 7.30. The molecular weight excluding hydrogens is 312 g/mol. The Labute approximate surface area is 138 Å². The molecule has 5 nitrogen and oxygen atoms in total. The normalized spacial score (nSPS) is 31.0. The first-order chi connectivity index (χ1) is 11.1. The number of ether oxygens (including phenoxy) is 1. The van der Waals surface area contributed by atoms with Gasteiger partial charge in [-0.3, -0.25) is 0 Å². The topological polar surface area (TPSA) is 49.9 Å². The molecule has 0 N–H and O–H groups in total. The van der Waals surface area contributed by atoms with E-state index in [1.54, 1.807) is 4.31 Å². The lowest BCUT2D eigenvalue weighted by Crippen LogP contribution is -2.49. The van der Waals surface area contributed by atoms with Gasteiger partial charge in [0.15, 0.2) is 0 Å². The minimum Gasteiger partial charge on any atom is -0.493 e.